The highest BCUT2D eigenvalue weighted by atomic mass is 16.2. The van der Waals surface area contributed by atoms with E-state index in [0.717, 1.165) is 38.8 Å². The molecule has 1 aliphatic heterocycles. The van der Waals surface area contributed by atoms with E-state index in [-0.39, 0.29) is 17.2 Å². The quantitative estimate of drug-likeness (QED) is 0.807. The first-order valence-corrected chi connectivity index (χ1v) is 10.4. The van der Waals surface area contributed by atoms with Gasteiger partial charge in [0.15, 0.2) is 0 Å². The molecule has 1 aromatic carbocycles. The van der Waals surface area contributed by atoms with Gasteiger partial charge in [0.1, 0.15) is 0 Å². The van der Waals surface area contributed by atoms with Crippen LogP contribution in [-0.4, -0.2) is 42.9 Å². The molecule has 0 radical (unpaired) electrons. The molecule has 1 unspecified atom stereocenters. The summed E-state index contributed by atoms with van der Waals surface area (Å²) in [7, 11) is 0. The smallest absolute Gasteiger partial charge is 0.251 e. The van der Waals surface area contributed by atoms with Crippen molar-refractivity contribution in [2.75, 3.05) is 26.2 Å². The molecule has 148 valence electrons. The summed E-state index contributed by atoms with van der Waals surface area (Å²) >= 11 is 0. The predicted octanol–water partition coefficient (Wildman–Crippen LogP) is 2.95. The van der Waals surface area contributed by atoms with Gasteiger partial charge in [-0.25, -0.2) is 0 Å². The third-order valence-electron chi connectivity index (χ3n) is 6.33. The van der Waals surface area contributed by atoms with Crippen LogP contribution in [-0.2, 0) is 4.79 Å². The summed E-state index contributed by atoms with van der Waals surface area (Å²) < 4.78 is 0. The second kappa shape index (κ2) is 9.36. The molecule has 1 aromatic rings. The van der Waals surface area contributed by atoms with E-state index in [1.807, 2.05) is 35.2 Å². The second-order valence-corrected chi connectivity index (χ2v) is 8.37. The minimum Gasteiger partial charge on any atom is -0.352 e. The van der Waals surface area contributed by atoms with E-state index in [1.54, 1.807) is 0 Å². The van der Waals surface area contributed by atoms with Gasteiger partial charge in [0.05, 0.1) is 0 Å². The number of nitrogens with zero attached hydrogens (tertiary/aromatic N) is 1. The van der Waals surface area contributed by atoms with Crippen molar-refractivity contribution in [3.8, 4) is 0 Å². The van der Waals surface area contributed by atoms with Crippen LogP contribution >= 0.6 is 0 Å². The Balaban J connectivity index is 1.49. The first-order chi connectivity index (χ1) is 13.1. The van der Waals surface area contributed by atoms with Gasteiger partial charge in [-0.05, 0) is 55.7 Å². The molecule has 2 amide bonds. The molecule has 1 atom stereocenters. The molecule has 1 saturated carbocycles. The van der Waals surface area contributed by atoms with E-state index in [1.165, 1.54) is 19.3 Å². The van der Waals surface area contributed by atoms with Crippen molar-refractivity contribution in [2.24, 2.45) is 17.1 Å². The fourth-order valence-electron chi connectivity index (χ4n) is 4.57. The molecule has 3 N–H and O–H groups in total. The Bertz CT molecular complexity index is 626. The van der Waals surface area contributed by atoms with Crippen molar-refractivity contribution in [3.63, 3.8) is 0 Å². The largest absolute Gasteiger partial charge is 0.352 e. The van der Waals surface area contributed by atoms with Crippen LogP contribution in [0.4, 0.5) is 0 Å². The average molecular weight is 372 g/mol. The Kier molecular flexibility index (Phi) is 6.89. The van der Waals surface area contributed by atoms with Crippen LogP contribution in [0.15, 0.2) is 30.3 Å². The van der Waals surface area contributed by atoms with Crippen LogP contribution < -0.4 is 11.1 Å². The maximum Gasteiger partial charge on any atom is 0.251 e. The number of carbonyl (C=O) groups excluding carboxylic acids is 2. The molecule has 27 heavy (non-hydrogen) atoms. The van der Waals surface area contributed by atoms with E-state index < -0.39 is 0 Å². The van der Waals surface area contributed by atoms with Crippen molar-refractivity contribution in [3.05, 3.63) is 35.9 Å². The van der Waals surface area contributed by atoms with Gasteiger partial charge in [0, 0.05) is 31.6 Å². The van der Waals surface area contributed by atoms with Crippen molar-refractivity contribution < 1.29 is 9.59 Å². The first-order valence-electron chi connectivity index (χ1n) is 10.4. The summed E-state index contributed by atoms with van der Waals surface area (Å²) in [6.07, 6.45) is 8.47. The van der Waals surface area contributed by atoms with Crippen molar-refractivity contribution in [2.45, 2.75) is 51.4 Å². The number of nitrogens with two attached hydrogens (primary N) is 1. The first kappa shape index (κ1) is 19.9. The number of benzene rings is 1. The van der Waals surface area contributed by atoms with E-state index in [0.29, 0.717) is 31.0 Å². The maximum absolute atomic E-state index is 12.9. The Labute approximate surface area is 162 Å². The number of nitrogens with one attached hydrogen (secondary N) is 1. The number of hydrogen-bond acceptors (Lipinski definition) is 3. The molecular formula is C22H33N3O2. The Hall–Kier alpha value is -1.88. The molecule has 1 saturated heterocycles. The summed E-state index contributed by atoms with van der Waals surface area (Å²) in [5.74, 6) is 0.542. The standard InChI is InChI=1S/C22H33N3O2/c23-17-22(11-5-2-6-12-22)14-20(26)25-13-7-8-18(16-25)15-24-21(27)19-9-3-1-4-10-19/h1,3-4,9-10,18H,2,5-8,11-17,23H2,(H,24,27). The van der Waals surface area contributed by atoms with E-state index in [2.05, 4.69) is 5.32 Å². The van der Waals surface area contributed by atoms with Crippen molar-refractivity contribution in [1.29, 1.82) is 0 Å². The number of piperidine rings is 1. The Morgan fingerprint density at radius 2 is 1.85 bits per heavy atom. The number of hydrogen-bond donors (Lipinski definition) is 2. The number of amides is 2. The van der Waals surface area contributed by atoms with Gasteiger partial charge in [0.2, 0.25) is 5.91 Å². The highest BCUT2D eigenvalue weighted by molar-refractivity contribution is 5.94. The molecule has 5 heteroatoms. The zero-order chi connectivity index (χ0) is 19.1. The van der Waals surface area contributed by atoms with Gasteiger partial charge < -0.3 is 16.0 Å². The fraction of sp³-hybridized carbons (Fsp3) is 0.636. The fourth-order valence-corrected chi connectivity index (χ4v) is 4.57. The number of carbonyl (C=O) groups is 2. The minimum atomic E-state index is -0.0386. The molecule has 0 aromatic heterocycles. The normalized spacial score (nSPS) is 22.3. The van der Waals surface area contributed by atoms with Crippen LogP contribution in [0, 0.1) is 11.3 Å². The Morgan fingerprint density at radius 3 is 2.56 bits per heavy atom. The van der Waals surface area contributed by atoms with Gasteiger partial charge in [-0.3, -0.25) is 9.59 Å². The van der Waals surface area contributed by atoms with Gasteiger partial charge >= 0.3 is 0 Å². The SMILES string of the molecule is NCC1(CC(=O)N2CCCC(CNC(=O)c3ccccc3)C2)CCCCC1. The lowest BCUT2D eigenvalue weighted by Crippen LogP contribution is -2.46. The summed E-state index contributed by atoms with van der Waals surface area (Å²) in [6, 6.07) is 9.29. The molecule has 5 nitrogen and oxygen atoms in total. The number of likely N-dealkylation sites (tertiary alicyclic amines) is 1. The van der Waals surface area contributed by atoms with Crippen LogP contribution in [0.3, 0.4) is 0 Å². The Morgan fingerprint density at radius 1 is 1.11 bits per heavy atom. The molecule has 3 rings (SSSR count). The van der Waals surface area contributed by atoms with Crippen LogP contribution in [0.1, 0.15) is 61.7 Å². The lowest BCUT2D eigenvalue weighted by molar-refractivity contribution is -0.136. The molecule has 0 bridgehead atoms. The van der Waals surface area contributed by atoms with Crippen LogP contribution in [0.25, 0.3) is 0 Å². The zero-order valence-electron chi connectivity index (χ0n) is 16.3. The van der Waals surface area contributed by atoms with Crippen LogP contribution in [0.2, 0.25) is 0 Å². The molecule has 1 heterocycles. The van der Waals surface area contributed by atoms with Crippen molar-refractivity contribution in [1.82, 2.24) is 10.2 Å². The summed E-state index contributed by atoms with van der Waals surface area (Å²) in [4.78, 5) is 27.2. The molecular weight excluding hydrogens is 338 g/mol. The maximum atomic E-state index is 12.9. The van der Waals surface area contributed by atoms with E-state index >= 15 is 0 Å². The predicted molar refractivity (Wildman–Crippen MR) is 107 cm³/mol. The lowest BCUT2D eigenvalue weighted by atomic mass is 9.71. The van der Waals surface area contributed by atoms with E-state index in [4.69, 9.17) is 5.73 Å². The van der Waals surface area contributed by atoms with Gasteiger partial charge in [-0.1, -0.05) is 37.5 Å². The molecule has 2 aliphatic rings. The topological polar surface area (TPSA) is 75.4 Å². The van der Waals surface area contributed by atoms with Gasteiger partial charge in [-0.2, -0.15) is 0 Å². The average Bonchev–Trinajstić information content (AvgIpc) is 2.73. The summed E-state index contributed by atoms with van der Waals surface area (Å²) in [5, 5.41) is 3.03. The van der Waals surface area contributed by atoms with E-state index in [9.17, 15) is 9.59 Å². The highest BCUT2D eigenvalue weighted by Gasteiger charge is 2.35. The van der Waals surface area contributed by atoms with Crippen LogP contribution in [0.5, 0.6) is 0 Å². The summed E-state index contributed by atoms with van der Waals surface area (Å²) in [5.41, 5.74) is 6.76. The van der Waals surface area contributed by atoms with Gasteiger partial charge in [0.25, 0.3) is 5.91 Å². The second-order valence-electron chi connectivity index (χ2n) is 8.37. The van der Waals surface area contributed by atoms with Gasteiger partial charge in [-0.15, -0.1) is 0 Å². The minimum absolute atomic E-state index is 0.0177. The third kappa shape index (κ3) is 5.32. The molecule has 1 aliphatic carbocycles. The monoisotopic (exact) mass is 371 g/mol. The third-order valence-corrected chi connectivity index (χ3v) is 6.33. The molecule has 2 fully saturated rings. The van der Waals surface area contributed by atoms with Crippen molar-refractivity contribution >= 4 is 11.8 Å². The molecule has 0 spiro atoms. The number of rotatable bonds is 6. The summed E-state index contributed by atoms with van der Waals surface area (Å²) in [6.45, 7) is 2.82. The highest BCUT2D eigenvalue weighted by Crippen LogP contribution is 2.39. The zero-order valence-corrected chi connectivity index (χ0v) is 16.3. The lowest BCUT2D eigenvalue weighted by Gasteiger charge is -2.39.